The molecule has 4 N–H and O–H groups in total. The van der Waals surface area contributed by atoms with Gasteiger partial charge in [0.15, 0.2) is 0 Å². The Labute approximate surface area is 69.4 Å². The Morgan fingerprint density at radius 2 is 2.18 bits per heavy atom. The molecule has 0 aliphatic carbocycles. The third-order valence-electron chi connectivity index (χ3n) is 0.609. The van der Waals surface area contributed by atoms with E-state index in [1.807, 2.05) is 0 Å². The molecule has 0 fully saturated rings. The first-order valence-corrected chi connectivity index (χ1v) is 3.75. The second-order valence-corrected chi connectivity index (χ2v) is 2.69. The summed E-state index contributed by atoms with van der Waals surface area (Å²) in [5.74, 6) is -1.92. The number of carboxylic acid groups (broad SMARTS) is 1. The van der Waals surface area contributed by atoms with Crippen molar-refractivity contribution >= 4 is 16.1 Å². The molecule has 0 amide bonds. The third kappa shape index (κ3) is 5.77. The van der Waals surface area contributed by atoms with Gasteiger partial charge in [-0.05, 0) is 6.37 Å². The Morgan fingerprint density at radius 3 is 2.45 bits per heavy atom. The molecule has 0 aromatic carbocycles. The summed E-state index contributed by atoms with van der Waals surface area (Å²) in [4.78, 5) is 10.3. The van der Waals surface area contributed by atoms with E-state index in [4.69, 9.17) is 20.9 Å². The first-order chi connectivity index (χ1) is 6.35. The quantitative estimate of drug-likeness (QED) is 0.469. The van der Waals surface area contributed by atoms with Gasteiger partial charge in [0.2, 0.25) is 0 Å². The molecule has 0 aromatic heterocycles. The Hall–Kier alpha value is -0.660. The number of hydrogen-bond acceptors (Lipinski definition) is 4. The fourth-order valence-electron chi connectivity index (χ4n) is 0.200. The number of carbonyl (C=O) groups is 1. The molecule has 0 radical (unpaired) electrons. The van der Waals surface area contributed by atoms with E-state index in [1.165, 1.54) is 0 Å². The van der Waals surface area contributed by atoms with Crippen LogP contribution in [0.15, 0.2) is 0 Å². The summed E-state index contributed by atoms with van der Waals surface area (Å²) in [6, 6.07) is -2.42. The number of nitrogens with two attached hydrogens (primary N) is 1. The van der Waals surface area contributed by atoms with Crippen molar-refractivity contribution in [1.82, 2.24) is 0 Å². The molecule has 7 heteroatoms. The Kier molecular flexibility index (Phi) is 1.68. The molecular formula is C4H9NO5S. The SMILES string of the molecule is [2H]C([2H])(C(N)C(=O)O)C([2H])([2H])S(=O)(=O)O. The topological polar surface area (TPSA) is 118 Å². The highest BCUT2D eigenvalue weighted by Crippen LogP contribution is 1.92. The summed E-state index contributed by atoms with van der Waals surface area (Å²) in [6.07, 6.45) is -3.47. The molecule has 1 atom stereocenters. The van der Waals surface area contributed by atoms with Gasteiger partial charge in [-0.25, -0.2) is 0 Å². The minimum absolute atomic E-state index is 1.92. The zero-order valence-corrected chi connectivity index (χ0v) is 6.00. The van der Waals surface area contributed by atoms with Crippen LogP contribution in [-0.4, -0.2) is 35.8 Å². The maximum absolute atomic E-state index is 10.5. The second kappa shape index (κ2) is 3.65. The highest BCUT2D eigenvalue weighted by atomic mass is 32.2. The molecule has 0 bridgehead atoms. The fourth-order valence-corrected chi connectivity index (χ4v) is 0.476. The largest absolute Gasteiger partial charge is 0.480 e. The van der Waals surface area contributed by atoms with Gasteiger partial charge in [0.25, 0.3) is 10.1 Å². The van der Waals surface area contributed by atoms with Crippen LogP contribution >= 0.6 is 0 Å². The molecule has 66 valence electrons. The predicted molar refractivity (Wildman–Crippen MR) is 36.6 cm³/mol. The minimum Gasteiger partial charge on any atom is -0.480 e. The first kappa shape index (κ1) is 5.07. The Balaban J connectivity index is 5.48. The third-order valence-corrected chi connectivity index (χ3v) is 0.985. The Morgan fingerprint density at radius 1 is 1.73 bits per heavy atom. The lowest BCUT2D eigenvalue weighted by molar-refractivity contribution is -0.138. The van der Waals surface area contributed by atoms with E-state index in [9.17, 15) is 13.2 Å². The smallest absolute Gasteiger partial charge is 0.320 e. The lowest BCUT2D eigenvalue weighted by Crippen LogP contribution is -2.32. The number of rotatable bonds is 4. The van der Waals surface area contributed by atoms with Crippen molar-refractivity contribution in [2.45, 2.75) is 12.4 Å². The summed E-state index contributed by atoms with van der Waals surface area (Å²) < 4.78 is 57.0. The summed E-state index contributed by atoms with van der Waals surface area (Å²) >= 11 is 0. The van der Waals surface area contributed by atoms with Crippen molar-refractivity contribution < 1.29 is 28.4 Å². The number of aliphatic carboxylic acids is 1. The van der Waals surface area contributed by atoms with Crippen LogP contribution in [0.2, 0.25) is 0 Å². The number of carboxylic acids is 1. The fraction of sp³-hybridized carbons (Fsp3) is 0.750. The van der Waals surface area contributed by atoms with Crippen LogP contribution in [0.5, 0.6) is 0 Å². The lowest BCUT2D eigenvalue weighted by atomic mass is 10.2. The van der Waals surface area contributed by atoms with Gasteiger partial charge in [-0.15, -0.1) is 0 Å². The molecular weight excluding hydrogens is 174 g/mol. The zero-order chi connectivity index (χ0) is 12.7. The number of hydrogen-bond donors (Lipinski definition) is 3. The van der Waals surface area contributed by atoms with Gasteiger partial charge in [-0.2, -0.15) is 8.42 Å². The molecule has 6 nitrogen and oxygen atoms in total. The van der Waals surface area contributed by atoms with E-state index >= 15 is 0 Å². The molecule has 0 rings (SSSR count). The zero-order valence-electron chi connectivity index (χ0n) is 9.18. The maximum atomic E-state index is 10.5. The van der Waals surface area contributed by atoms with E-state index in [0.29, 0.717) is 0 Å². The summed E-state index contributed by atoms with van der Waals surface area (Å²) in [5.41, 5.74) is 0.979. The van der Waals surface area contributed by atoms with Gasteiger partial charge < -0.3 is 10.8 Å². The molecule has 11 heavy (non-hydrogen) atoms. The summed E-state index contributed by atoms with van der Waals surface area (Å²) in [7, 11) is -5.42. The van der Waals surface area contributed by atoms with Gasteiger partial charge in [-0.3, -0.25) is 9.35 Å². The van der Waals surface area contributed by atoms with Crippen molar-refractivity contribution in [3.63, 3.8) is 0 Å². The van der Waals surface area contributed by atoms with Crippen LogP contribution in [0.4, 0.5) is 0 Å². The van der Waals surface area contributed by atoms with E-state index in [0.717, 1.165) is 0 Å². The van der Waals surface area contributed by atoms with Gasteiger partial charge in [0.05, 0.1) is 5.70 Å². The van der Waals surface area contributed by atoms with Gasteiger partial charge in [0.1, 0.15) is 6.04 Å². The summed E-state index contributed by atoms with van der Waals surface area (Å²) in [6.45, 7) is 0. The average Bonchev–Trinajstić information content (AvgIpc) is 2.00. The molecule has 1 unspecified atom stereocenters. The van der Waals surface area contributed by atoms with Crippen LogP contribution in [-0.2, 0) is 14.9 Å². The maximum Gasteiger partial charge on any atom is 0.320 e. The average molecular weight is 187 g/mol. The van der Waals surface area contributed by atoms with Crippen molar-refractivity contribution in [3.05, 3.63) is 0 Å². The molecule has 0 aliphatic heterocycles. The van der Waals surface area contributed by atoms with Crippen molar-refractivity contribution in [1.29, 1.82) is 0 Å². The monoisotopic (exact) mass is 187 g/mol. The van der Waals surface area contributed by atoms with Crippen molar-refractivity contribution in [3.8, 4) is 0 Å². The highest BCUT2D eigenvalue weighted by Gasteiger charge is 2.14. The minimum atomic E-state index is -5.42. The van der Waals surface area contributed by atoms with Gasteiger partial charge >= 0.3 is 5.97 Å². The van der Waals surface area contributed by atoms with Crippen LogP contribution < -0.4 is 5.73 Å². The molecule has 0 saturated heterocycles. The Bertz CT molecular complexity index is 365. The predicted octanol–water partition coefficient (Wildman–Crippen LogP) is -1.32. The van der Waals surface area contributed by atoms with Crippen LogP contribution in [0, 0.1) is 0 Å². The molecule has 0 saturated carbocycles. The lowest BCUT2D eigenvalue weighted by Gasteiger charge is -2.02. The first-order valence-electron chi connectivity index (χ1n) is 4.31. The molecule has 0 aromatic rings. The van der Waals surface area contributed by atoms with E-state index in [-0.39, 0.29) is 0 Å². The van der Waals surface area contributed by atoms with E-state index < -0.39 is 34.2 Å². The normalized spacial score (nSPS) is 22.4. The molecule has 0 heterocycles. The molecule has 0 aliphatic rings. The van der Waals surface area contributed by atoms with Crippen LogP contribution in [0.3, 0.4) is 0 Å². The van der Waals surface area contributed by atoms with Crippen LogP contribution in [0.1, 0.15) is 11.9 Å². The second-order valence-electron chi connectivity index (χ2n) is 1.54. The van der Waals surface area contributed by atoms with Gasteiger partial charge in [0, 0.05) is 5.48 Å². The van der Waals surface area contributed by atoms with Gasteiger partial charge in [-0.1, -0.05) is 0 Å². The van der Waals surface area contributed by atoms with E-state index in [2.05, 4.69) is 0 Å². The van der Waals surface area contributed by atoms with Crippen LogP contribution in [0.25, 0.3) is 0 Å². The molecule has 0 spiro atoms. The van der Waals surface area contributed by atoms with Crippen molar-refractivity contribution in [2.75, 3.05) is 5.70 Å². The van der Waals surface area contributed by atoms with E-state index in [1.54, 1.807) is 0 Å². The summed E-state index contributed by atoms with van der Waals surface area (Å²) in [5, 5.41) is 8.34. The van der Waals surface area contributed by atoms with Crippen molar-refractivity contribution in [2.24, 2.45) is 5.73 Å². The highest BCUT2D eigenvalue weighted by molar-refractivity contribution is 7.85. The standard InChI is InChI=1S/C4H9NO5S/c5-3(4(6)7)1-2-11(8,9)10/h3H,1-2,5H2,(H,6,7)(H,8,9,10)/i1D2,2D2.